The minimum atomic E-state index is -4.46. The van der Waals surface area contributed by atoms with E-state index in [4.69, 9.17) is 14.5 Å². The van der Waals surface area contributed by atoms with Gasteiger partial charge in [0.05, 0.1) is 12.1 Å². The van der Waals surface area contributed by atoms with Gasteiger partial charge in [0, 0.05) is 61.8 Å². The minimum Gasteiger partial charge on any atom is -0.488 e. The summed E-state index contributed by atoms with van der Waals surface area (Å²) in [4.78, 5) is 44.8. The molecule has 12 heteroatoms. The van der Waals surface area contributed by atoms with Crippen LogP contribution in [-0.2, 0) is 27.4 Å². The number of benzene rings is 2. The first kappa shape index (κ1) is 28.7. The van der Waals surface area contributed by atoms with E-state index in [2.05, 4.69) is 5.32 Å². The Morgan fingerprint density at radius 2 is 1.89 bits per heavy atom. The first-order chi connectivity index (χ1) is 21.1. The number of ether oxygens (including phenoxy) is 2. The average Bonchev–Trinajstić information content (AvgIpc) is 3.73. The third kappa shape index (κ3) is 5.52. The molecule has 0 radical (unpaired) electrons. The normalized spacial score (nSPS) is 26.0. The maximum atomic E-state index is 14.2. The molecule has 4 aliphatic rings. The lowest BCUT2D eigenvalue weighted by Crippen LogP contribution is -2.52. The smallest absolute Gasteiger partial charge is 0.396 e. The van der Waals surface area contributed by atoms with E-state index < -0.39 is 30.1 Å². The predicted molar refractivity (Wildman–Crippen MR) is 152 cm³/mol. The summed E-state index contributed by atoms with van der Waals surface area (Å²) < 4.78 is 53.9. The van der Waals surface area contributed by atoms with Gasteiger partial charge in [-0.25, -0.2) is 0 Å². The first-order valence-electron chi connectivity index (χ1n) is 14.8. The molecule has 3 saturated heterocycles. The number of nitrogens with one attached hydrogen (secondary N) is 1. The fourth-order valence-corrected chi connectivity index (χ4v) is 6.76. The highest BCUT2D eigenvalue weighted by atomic mass is 19.4. The molecule has 3 fully saturated rings. The molecular formula is C32H31F3N4O5. The molecule has 4 aliphatic heterocycles. The predicted octanol–water partition coefficient (Wildman–Crippen LogP) is 3.94. The van der Waals surface area contributed by atoms with Crippen LogP contribution in [0.4, 0.5) is 13.2 Å². The number of halogens is 3. The number of hydrogen-bond acceptors (Lipinski definition) is 7. The summed E-state index contributed by atoms with van der Waals surface area (Å²) in [6.45, 7) is 1.74. The van der Waals surface area contributed by atoms with Crippen molar-refractivity contribution < 1.29 is 37.0 Å². The molecule has 9 nitrogen and oxygen atoms in total. The van der Waals surface area contributed by atoms with Crippen molar-refractivity contribution in [2.75, 3.05) is 26.3 Å². The lowest BCUT2D eigenvalue weighted by molar-refractivity contribution is -0.186. The van der Waals surface area contributed by atoms with Crippen molar-refractivity contribution >= 4 is 28.6 Å². The van der Waals surface area contributed by atoms with Crippen molar-refractivity contribution in [3.05, 3.63) is 70.9 Å². The van der Waals surface area contributed by atoms with Gasteiger partial charge in [-0.05, 0) is 60.4 Å². The van der Waals surface area contributed by atoms with Gasteiger partial charge in [0.2, 0.25) is 11.8 Å². The number of nitrogens with zero attached hydrogens (tertiary/aromatic N) is 3. The molecule has 4 atom stereocenters. The van der Waals surface area contributed by atoms with Gasteiger partial charge in [0.1, 0.15) is 23.8 Å². The molecule has 7 rings (SSSR count). The van der Waals surface area contributed by atoms with Gasteiger partial charge >= 0.3 is 6.18 Å². The summed E-state index contributed by atoms with van der Waals surface area (Å²) in [6, 6.07) is 13.6. The Bertz CT molecular complexity index is 1640. The third-order valence-electron chi connectivity index (χ3n) is 9.07. The summed E-state index contributed by atoms with van der Waals surface area (Å²) in [7, 11) is 0. The van der Waals surface area contributed by atoms with Crippen LogP contribution in [0, 0.1) is 5.92 Å². The number of carbonyl (C=O) groups excluding carboxylic acids is 3. The van der Waals surface area contributed by atoms with Crippen molar-refractivity contribution in [2.45, 2.75) is 56.6 Å². The van der Waals surface area contributed by atoms with Crippen LogP contribution in [0.3, 0.4) is 0 Å². The second-order valence-electron chi connectivity index (χ2n) is 12.0. The van der Waals surface area contributed by atoms with Gasteiger partial charge in [0.15, 0.2) is 0 Å². The highest BCUT2D eigenvalue weighted by Gasteiger charge is 2.51. The average molecular weight is 609 g/mol. The largest absolute Gasteiger partial charge is 0.488 e. The van der Waals surface area contributed by atoms with Gasteiger partial charge < -0.3 is 14.4 Å². The van der Waals surface area contributed by atoms with Crippen LogP contribution in [-0.4, -0.2) is 77.1 Å². The lowest BCUT2D eigenvalue weighted by Gasteiger charge is -2.29. The summed E-state index contributed by atoms with van der Waals surface area (Å²) in [5.41, 5.74) is 3.68. The SMILES string of the molecule is O=C1CCC(N2Cc3cc(O[C@@H]4CN(Cc5ccc6nc([C@H]7CCOC7)ccc6c5)C[C@H]4C(F)(F)F)ccc3C2=O)C(=O)N1. The molecule has 44 heavy (non-hydrogen) atoms. The first-order valence-corrected chi connectivity index (χ1v) is 14.8. The monoisotopic (exact) mass is 608 g/mol. The Hall–Kier alpha value is -4.03. The molecule has 0 aliphatic carbocycles. The molecule has 3 amide bonds. The second kappa shape index (κ2) is 11.2. The van der Waals surface area contributed by atoms with Gasteiger partial charge in [-0.3, -0.25) is 29.6 Å². The minimum absolute atomic E-state index is 0.0828. The molecule has 1 aromatic heterocycles. The number of alkyl halides is 3. The van der Waals surface area contributed by atoms with Crippen LogP contribution in [0.2, 0.25) is 0 Å². The molecule has 2 aromatic carbocycles. The molecule has 5 heterocycles. The quantitative estimate of drug-likeness (QED) is 0.423. The van der Waals surface area contributed by atoms with Crippen molar-refractivity contribution in [1.29, 1.82) is 0 Å². The van der Waals surface area contributed by atoms with E-state index in [1.165, 1.54) is 17.0 Å². The summed E-state index contributed by atoms with van der Waals surface area (Å²) in [5.74, 6) is -2.41. The van der Waals surface area contributed by atoms with Gasteiger partial charge in [0.25, 0.3) is 5.91 Å². The van der Waals surface area contributed by atoms with E-state index in [1.807, 2.05) is 30.3 Å². The Morgan fingerprint density at radius 3 is 2.66 bits per heavy atom. The molecule has 230 valence electrons. The number of likely N-dealkylation sites (tertiary alicyclic amines) is 1. The molecular weight excluding hydrogens is 577 g/mol. The number of pyridine rings is 1. The zero-order valence-electron chi connectivity index (χ0n) is 23.8. The van der Waals surface area contributed by atoms with E-state index in [0.717, 1.165) is 35.2 Å². The fraction of sp³-hybridized carbons (Fsp3) is 0.438. The molecule has 1 unspecified atom stereocenters. The third-order valence-corrected chi connectivity index (χ3v) is 9.07. The highest BCUT2D eigenvalue weighted by molar-refractivity contribution is 6.05. The summed E-state index contributed by atoms with van der Waals surface area (Å²) in [5, 5.41) is 3.19. The number of piperidine rings is 1. The van der Waals surface area contributed by atoms with E-state index >= 15 is 0 Å². The molecule has 0 spiro atoms. The molecule has 1 N–H and O–H groups in total. The van der Waals surface area contributed by atoms with E-state index in [9.17, 15) is 27.6 Å². The van der Waals surface area contributed by atoms with Crippen LogP contribution in [0.5, 0.6) is 5.75 Å². The molecule has 3 aromatic rings. The maximum absolute atomic E-state index is 14.2. The number of imide groups is 1. The van der Waals surface area contributed by atoms with Crippen LogP contribution < -0.4 is 10.1 Å². The van der Waals surface area contributed by atoms with Crippen LogP contribution in [0.1, 0.15) is 52.4 Å². The number of amides is 3. The van der Waals surface area contributed by atoms with Crippen molar-refractivity contribution in [2.24, 2.45) is 5.92 Å². The standard InChI is InChI=1S/C32H31F3N4O5/c33-32(34,35)24-15-38(13-18-1-5-25-19(11-18)2-6-26(36-25)20-9-10-43-17-20)16-28(24)44-22-3-4-23-21(12-22)14-39(31(23)42)27-7-8-29(40)37-30(27)41/h1-6,11-12,20,24,27-28H,7-10,13-17H2,(H,37,40,41)/t20-,24+,27?,28+/m0/s1. The molecule has 0 bridgehead atoms. The highest BCUT2D eigenvalue weighted by Crippen LogP contribution is 2.38. The van der Waals surface area contributed by atoms with Crippen LogP contribution >= 0.6 is 0 Å². The van der Waals surface area contributed by atoms with E-state index in [0.29, 0.717) is 24.3 Å². The number of fused-ring (bicyclic) bond motifs is 2. The number of carbonyl (C=O) groups is 3. The van der Waals surface area contributed by atoms with Crippen LogP contribution in [0.15, 0.2) is 48.5 Å². The van der Waals surface area contributed by atoms with Gasteiger partial charge in [-0.15, -0.1) is 0 Å². The lowest BCUT2D eigenvalue weighted by atomic mass is 10.0. The Balaban J connectivity index is 1.04. The zero-order chi connectivity index (χ0) is 30.6. The van der Waals surface area contributed by atoms with E-state index in [-0.39, 0.29) is 56.0 Å². The Labute approximate surface area is 251 Å². The fourth-order valence-electron chi connectivity index (χ4n) is 6.76. The molecule has 0 saturated carbocycles. The van der Waals surface area contributed by atoms with Crippen molar-refractivity contribution in [3.63, 3.8) is 0 Å². The number of rotatable bonds is 6. The Morgan fingerprint density at radius 1 is 1.02 bits per heavy atom. The second-order valence-corrected chi connectivity index (χ2v) is 12.0. The van der Waals surface area contributed by atoms with Crippen LogP contribution in [0.25, 0.3) is 10.9 Å². The van der Waals surface area contributed by atoms with Gasteiger partial charge in [-0.1, -0.05) is 12.1 Å². The Kier molecular flexibility index (Phi) is 7.28. The number of aromatic nitrogens is 1. The van der Waals surface area contributed by atoms with Crippen molar-refractivity contribution in [3.8, 4) is 5.75 Å². The van der Waals surface area contributed by atoms with E-state index in [1.54, 1.807) is 11.0 Å². The maximum Gasteiger partial charge on any atom is 0.396 e. The summed E-state index contributed by atoms with van der Waals surface area (Å²) in [6.07, 6.45) is -4.28. The topological polar surface area (TPSA) is 101 Å². The van der Waals surface area contributed by atoms with Crippen molar-refractivity contribution in [1.82, 2.24) is 20.1 Å². The number of hydrogen-bond donors (Lipinski definition) is 1. The zero-order valence-corrected chi connectivity index (χ0v) is 23.8. The summed E-state index contributed by atoms with van der Waals surface area (Å²) >= 11 is 0. The van der Waals surface area contributed by atoms with Gasteiger partial charge in [-0.2, -0.15) is 13.2 Å².